The molecule has 1 fully saturated rings. The summed E-state index contributed by atoms with van der Waals surface area (Å²) in [4.78, 5) is 25.5. The molecule has 1 aliphatic carbocycles. The van der Waals surface area contributed by atoms with E-state index in [9.17, 15) is 18.0 Å². The molecule has 40 heavy (non-hydrogen) atoms. The maximum Gasteiger partial charge on any atom is 0.306 e. The summed E-state index contributed by atoms with van der Waals surface area (Å²) in [7, 11) is -3.96. The van der Waals surface area contributed by atoms with Gasteiger partial charge >= 0.3 is 5.97 Å². The molecule has 5 rings (SSSR count). The summed E-state index contributed by atoms with van der Waals surface area (Å²) in [5, 5.41) is 0.808. The number of rotatable bonds is 10. The van der Waals surface area contributed by atoms with Crippen molar-refractivity contribution in [3.8, 4) is 11.1 Å². The van der Waals surface area contributed by atoms with Gasteiger partial charge < -0.3 is 4.74 Å². The normalized spacial score (nSPS) is 14.3. The van der Waals surface area contributed by atoms with Crippen molar-refractivity contribution < 1.29 is 22.7 Å². The maximum absolute atomic E-state index is 14.1. The highest BCUT2D eigenvalue weighted by molar-refractivity contribution is 7.90. The summed E-state index contributed by atoms with van der Waals surface area (Å²) >= 11 is 0. The van der Waals surface area contributed by atoms with Gasteiger partial charge in [-0.1, -0.05) is 72.6 Å². The largest absolute Gasteiger partial charge is 0.462 e. The summed E-state index contributed by atoms with van der Waals surface area (Å²) < 4.78 is 35.2. The average Bonchev–Trinajstić information content (AvgIpc) is 3.31. The first-order valence-corrected chi connectivity index (χ1v) is 15.5. The number of carbonyl (C=O) groups excluding carboxylic acids is 2. The quantitative estimate of drug-likeness (QED) is 0.196. The van der Waals surface area contributed by atoms with Crippen LogP contribution in [-0.2, 0) is 30.8 Å². The van der Waals surface area contributed by atoms with E-state index in [1.54, 1.807) is 30.3 Å². The third-order valence-corrected chi connectivity index (χ3v) is 9.41. The molecule has 4 aromatic rings. The molecular formula is C33H35NO5S. The van der Waals surface area contributed by atoms with E-state index in [4.69, 9.17) is 4.74 Å². The van der Waals surface area contributed by atoms with Crippen LogP contribution >= 0.6 is 0 Å². The number of ketones is 1. The lowest BCUT2D eigenvalue weighted by atomic mass is 9.98. The van der Waals surface area contributed by atoms with E-state index < -0.39 is 10.0 Å². The van der Waals surface area contributed by atoms with Crippen molar-refractivity contribution in [3.63, 3.8) is 0 Å². The molecule has 0 unspecified atom stereocenters. The molecule has 0 amide bonds. The van der Waals surface area contributed by atoms with Crippen LogP contribution in [0.3, 0.4) is 0 Å². The molecule has 6 nitrogen and oxygen atoms in total. The molecule has 0 atom stereocenters. The summed E-state index contributed by atoms with van der Waals surface area (Å²) in [6.07, 6.45) is 5.53. The number of hydrogen-bond acceptors (Lipinski definition) is 5. The number of aromatic nitrogens is 1. The number of nitrogens with zero attached hydrogens (tertiary/aromatic N) is 1. The molecule has 3 aromatic carbocycles. The fourth-order valence-electron chi connectivity index (χ4n) is 5.56. The van der Waals surface area contributed by atoms with Gasteiger partial charge in [-0.3, -0.25) is 9.59 Å². The first kappa shape index (κ1) is 27.8. The SMILES string of the molecule is Cc1ccc(S(=O)(=O)n2c(CCC(=O)CCC(=O)OC3CCCCC3)c(-c3ccccc3)c3ccccc32)cc1. The van der Waals surface area contributed by atoms with Gasteiger partial charge in [0.15, 0.2) is 0 Å². The van der Waals surface area contributed by atoms with E-state index >= 15 is 0 Å². The van der Waals surface area contributed by atoms with Gasteiger partial charge in [0.2, 0.25) is 0 Å². The second-order valence-electron chi connectivity index (χ2n) is 10.6. The predicted octanol–water partition coefficient (Wildman–Crippen LogP) is 7.01. The Hall–Kier alpha value is -3.71. The summed E-state index contributed by atoms with van der Waals surface area (Å²) in [6.45, 7) is 1.91. The van der Waals surface area contributed by atoms with Gasteiger partial charge in [-0.25, -0.2) is 12.4 Å². The zero-order valence-electron chi connectivity index (χ0n) is 22.8. The van der Waals surface area contributed by atoms with Crippen LogP contribution < -0.4 is 0 Å². The fourth-order valence-corrected chi connectivity index (χ4v) is 7.14. The Morgan fingerprint density at radius 1 is 0.825 bits per heavy atom. The zero-order valence-corrected chi connectivity index (χ0v) is 23.7. The van der Waals surface area contributed by atoms with Crippen LogP contribution in [0.4, 0.5) is 0 Å². The molecule has 0 saturated heterocycles. The molecule has 0 spiro atoms. The van der Waals surface area contributed by atoms with Gasteiger partial charge in [0.25, 0.3) is 10.0 Å². The van der Waals surface area contributed by atoms with E-state index in [1.807, 2.05) is 55.5 Å². The third-order valence-electron chi connectivity index (χ3n) is 7.65. The maximum atomic E-state index is 14.1. The number of ether oxygens (including phenoxy) is 1. The Morgan fingerprint density at radius 2 is 1.50 bits per heavy atom. The second-order valence-corrected chi connectivity index (χ2v) is 12.4. The Morgan fingerprint density at radius 3 is 2.23 bits per heavy atom. The molecule has 1 saturated carbocycles. The lowest BCUT2D eigenvalue weighted by Gasteiger charge is -2.21. The lowest BCUT2D eigenvalue weighted by molar-refractivity contribution is -0.151. The van der Waals surface area contributed by atoms with Crippen molar-refractivity contribution in [2.45, 2.75) is 75.7 Å². The Kier molecular flexibility index (Phi) is 8.50. The molecule has 1 heterocycles. The number of Topliss-reactive ketones (excluding diaryl/α,β-unsaturated/α-hetero) is 1. The lowest BCUT2D eigenvalue weighted by Crippen LogP contribution is -2.21. The number of hydrogen-bond donors (Lipinski definition) is 0. The molecule has 1 aliphatic rings. The first-order valence-electron chi connectivity index (χ1n) is 14.1. The van der Waals surface area contributed by atoms with Gasteiger partial charge in [-0.15, -0.1) is 0 Å². The molecular weight excluding hydrogens is 522 g/mol. The Bertz CT molecular complexity index is 1600. The highest BCUT2D eigenvalue weighted by Gasteiger charge is 2.28. The predicted molar refractivity (Wildman–Crippen MR) is 157 cm³/mol. The molecule has 208 valence electrons. The standard InChI is InChI=1S/C33H35NO5S/c1-24-16-20-28(21-17-24)40(37,38)34-30-15-9-8-14-29(30)33(25-10-4-2-5-11-25)31(34)22-18-26(35)19-23-32(36)39-27-12-6-3-7-13-27/h2,4-5,8-11,14-17,20-21,27H,3,6-7,12-13,18-19,22-23H2,1H3. The molecule has 7 heteroatoms. The first-order chi connectivity index (χ1) is 19.3. The van der Waals surface area contributed by atoms with Crippen LogP contribution in [0.2, 0.25) is 0 Å². The van der Waals surface area contributed by atoms with Crippen molar-refractivity contribution in [1.29, 1.82) is 0 Å². The van der Waals surface area contributed by atoms with Crippen LogP contribution in [0.1, 0.15) is 62.6 Å². The summed E-state index contributed by atoms with van der Waals surface area (Å²) in [5.74, 6) is -0.426. The Labute approximate surface area is 236 Å². The summed E-state index contributed by atoms with van der Waals surface area (Å²) in [6, 6.07) is 23.9. The van der Waals surface area contributed by atoms with Crippen LogP contribution in [0.15, 0.2) is 83.8 Å². The van der Waals surface area contributed by atoms with E-state index in [2.05, 4.69) is 0 Å². The second kappa shape index (κ2) is 12.2. The minimum absolute atomic E-state index is 0.0348. The average molecular weight is 558 g/mol. The highest BCUT2D eigenvalue weighted by Crippen LogP contribution is 2.38. The fraction of sp³-hybridized carbons (Fsp3) is 0.333. The zero-order chi connectivity index (χ0) is 28.1. The van der Waals surface area contributed by atoms with E-state index in [0.29, 0.717) is 11.2 Å². The van der Waals surface area contributed by atoms with Crippen molar-refractivity contribution in [1.82, 2.24) is 3.97 Å². The van der Waals surface area contributed by atoms with E-state index in [-0.39, 0.29) is 48.4 Å². The number of fused-ring (bicyclic) bond motifs is 1. The third kappa shape index (κ3) is 6.04. The minimum atomic E-state index is -3.96. The number of esters is 1. The van der Waals surface area contributed by atoms with Crippen molar-refractivity contribution in [2.24, 2.45) is 0 Å². The summed E-state index contributed by atoms with van der Waals surface area (Å²) in [5.41, 5.74) is 3.78. The Balaban J connectivity index is 1.46. The van der Waals surface area contributed by atoms with Gasteiger partial charge in [0.05, 0.1) is 16.8 Å². The van der Waals surface area contributed by atoms with Crippen molar-refractivity contribution in [2.75, 3.05) is 0 Å². The number of benzene rings is 3. The smallest absolute Gasteiger partial charge is 0.306 e. The molecule has 1 aromatic heterocycles. The number of para-hydroxylation sites is 1. The monoisotopic (exact) mass is 557 g/mol. The molecule has 0 bridgehead atoms. The molecule has 0 radical (unpaired) electrons. The van der Waals surface area contributed by atoms with E-state index in [1.165, 1.54) is 10.4 Å². The minimum Gasteiger partial charge on any atom is -0.462 e. The van der Waals surface area contributed by atoms with E-state index in [0.717, 1.165) is 47.8 Å². The molecule has 0 aliphatic heterocycles. The van der Waals surface area contributed by atoms with Crippen molar-refractivity contribution in [3.05, 3.63) is 90.1 Å². The number of aryl methyl sites for hydroxylation is 1. The van der Waals surface area contributed by atoms with Gasteiger partial charge in [0.1, 0.15) is 11.9 Å². The van der Waals surface area contributed by atoms with Crippen LogP contribution in [-0.4, -0.2) is 30.2 Å². The van der Waals surface area contributed by atoms with Gasteiger partial charge in [-0.2, -0.15) is 0 Å². The highest BCUT2D eigenvalue weighted by atomic mass is 32.2. The van der Waals surface area contributed by atoms with Gasteiger partial charge in [0, 0.05) is 29.5 Å². The van der Waals surface area contributed by atoms with Crippen LogP contribution in [0.5, 0.6) is 0 Å². The number of carbonyl (C=O) groups is 2. The van der Waals surface area contributed by atoms with Gasteiger partial charge in [-0.05, 0) is 62.8 Å². The van der Waals surface area contributed by atoms with Crippen molar-refractivity contribution >= 4 is 32.7 Å². The molecule has 0 N–H and O–H groups in total. The van der Waals surface area contributed by atoms with Crippen LogP contribution in [0.25, 0.3) is 22.0 Å². The van der Waals surface area contributed by atoms with Crippen LogP contribution in [0, 0.1) is 6.92 Å². The topological polar surface area (TPSA) is 82.4 Å².